The monoisotopic (exact) mass is 145 g/mol. The Morgan fingerprint density at radius 2 is 2.00 bits per heavy atom. The van der Waals surface area contributed by atoms with Gasteiger partial charge in [-0.15, -0.1) is 0 Å². The molecule has 11 heavy (non-hydrogen) atoms. The van der Waals surface area contributed by atoms with Crippen LogP contribution in [0.2, 0.25) is 0 Å². The molecule has 0 amide bonds. The molecule has 0 nitrogen and oxygen atoms in total. The van der Waals surface area contributed by atoms with Gasteiger partial charge < -0.3 is 0 Å². The second-order valence-corrected chi connectivity index (χ2v) is 3.44. The molecule has 1 saturated carbocycles. The van der Waals surface area contributed by atoms with Crippen molar-refractivity contribution in [2.45, 2.75) is 26.2 Å². The van der Waals surface area contributed by atoms with Crippen LogP contribution in [0.3, 0.4) is 0 Å². The molecule has 0 heteroatoms. The van der Waals surface area contributed by atoms with Gasteiger partial charge >= 0.3 is 0 Å². The van der Waals surface area contributed by atoms with Crippen LogP contribution in [0.5, 0.6) is 0 Å². The molecule has 1 aliphatic rings. The van der Waals surface area contributed by atoms with E-state index in [2.05, 4.69) is 38.5 Å². The number of hydrogen-bond donors (Lipinski definition) is 0. The van der Waals surface area contributed by atoms with Crippen LogP contribution in [-0.4, -0.2) is 0 Å². The third-order valence-electron chi connectivity index (χ3n) is 2.30. The lowest BCUT2D eigenvalue weighted by Crippen LogP contribution is -1.85. The Hall–Kier alpha value is -0.780. The van der Waals surface area contributed by atoms with Gasteiger partial charge in [0.05, 0.1) is 0 Å². The van der Waals surface area contributed by atoms with Gasteiger partial charge in [0.25, 0.3) is 0 Å². The summed E-state index contributed by atoms with van der Waals surface area (Å²) in [4.78, 5) is 0. The highest BCUT2D eigenvalue weighted by atomic mass is 14.3. The molecular formula is C11H13. The molecule has 0 heterocycles. The smallest absolute Gasteiger partial charge is 0.0125 e. The fraction of sp³-hybridized carbons (Fsp3) is 0.364. The molecule has 1 unspecified atom stereocenters. The third-order valence-corrected chi connectivity index (χ3v) is 2.30. The lowest BCUT2D eigenvalue weighted by molar-refractivity contribution is 1.12. The van der Waals surface area contributed by atoms with Gasteiger partial charge in [-0.25, -0.2) is 0 Å². The lowest BCUT2D eigenvalue weighted by atomic mass is 10.0. The molecular weight excluding hydrogens is 132 g/mol. The maximum atomic E-state index is 2.36. The zero-order chi connectivity index (χ0) is 7.84. The maximum Gasteiger partial charge on any atom is -0.0125 e. The number of rotatable bonds is 1. The lowest BCUT2D eigenvalue weighted by Gasteiger charge is -2.03. The maximum absolute atomic E-state index is 2.36. The molecule has 1 aromatic carbocycles. The molecule has 1 aliphatic carbocycles. The average molecular weight is 145 g/mol. The van der Waals surface area contributed by atoms with E-state index >= 15 is 0 Å². The first-order valence-electron chi connectivity index (χ1n) is 4.18. The van der Waals surface area contributed by atoms with Crippen LogP contribution < -0.4 is 0 Å². The Bertz CT molecular complexity index is 269. The fourth-order valence-electron chi connectivity index (χ4n) is 1.56. The van der Waals surface area contributed by atoms with Crippen LogP contribution in [-0.2, 0) is 0 Å². The van der Waals surface area contributed by atoms with Crippen molar-refractivity contribution in [1.29, 1.82) is 0 Å². The zero-order valence-corrected chi connectivity index (χ0v) is 7.09. The Kier molecular flexibility index (Phi) is 1.49. The quantitative estimate of drug-likeness (QED) is 0.570. The summed E-state index contributed by atoms with van der Waals surface area (Å²) in [5.41, 5.74) is 4.34. The summed E-state index contributed by atoms with van der Waals surface area (Å²) in [6.45, 7) is 4.35. The predicted molar refractivity (Wildman–Crippen MR) is 47.6 cm³/mol. The SMILES string of the molecule is Cc1ccc(C2[CH]C2)c(C)c1. The van der Waals surface area contributed by atoms with Crippen molar-refractivity contribution >= 4 is 0 Å². The fourth-order valence-corrected chi connectivity index (χ4v) is 1.56. The highest BCUT2D eigenvalue weighted by Crippen LogP contribution is 2.40. The minimum atomic E-state index is 0.774. The van der Waals surface area contributed by atoms with Gasteiger partial charge in [0, 0.05) is 0 Å². The second-order valence-electron chi connectivity index (χ2n) is 3.44. The van der Waals surface area contributed by atoms with Gasteiger partial charge in [-0.3, -0.25) is 0 Å². The van der Waals surface area contributed by atoms with Crippen LogP contribution in [0, 0.1) is 20.3 Å². The summed E-state index contributed by atoms with van der Waals surface area (Å²) >= 11 is 0. The first-order valence-corrected chi connectivity index (χ1v) is 4.18. The normalized spacial score (nSPS) is 16.9. The Labute approximate surface area is 68.3 Å². The van der Waals surface area contributed by atoms with E-state index in [0.29, 0.717) is 0 Å². The third kappa shape index (κ3) is 1.30. The van der Waals surface area contributed by atoms with Crippen molar-refractivity contribution in [3.63, 3.8) is 0 Å². The highest BCUT2D eigenvalue weighted by molar-refractivity contribution is 5.38. The molecule has 0 N–H and O–H groups in total. The summed E-state index contributed by atoms with van der Waals surface area (Å²) in [6, 6.07) is 6.73. The first kappa shape index (κ1) is 6.90. The van der Waals surface area contributed by atoms with Gasteiger partial charge in [0.2, 0.25) is 0 Å². The molecule has 1 aromatic rings. The topological polar surface area (TPSA) is 0 Å². The molecule has 0 saturated heterocycles. The Balaban J connectivity index is 2.39. The molecule has 57 valence electrons. The zero-order valence-electron chi connectivity index (χ0n) is 7.09. The molecule has 0 spiro atoms. The van der Waals surface area contributed by atoms with Crippen molar-refractivity contribution < 1.29 is 0 Å². The van der Waals surface area contributed by atoms with Gasteiger partial charge in [0.15, 0.2) is 0 Å². The van der Waals surface area contributed by atoms with Crippen molar-refractivity contribution in [2.75, 3.05) is 0 Å². The van der Waals surface area contributed by atoms with E-state index in [1.807, 2.05) is 0 Å². The van der Waals surface area contributed by atoms with E-state index in [0.717, 1.165) is 5.92 Å². The minimum Gasteiger partial charge on any atom is -0.0590 e. The second kappa shape index (κ2) is 2.37. The van der Waals surface area contributed by atoms with Crippen molar-refractivity contribution in [1.82, 2.24) is 0 Å². The van der Waals surface area contributed by atoms with Crippen molar-refractivity contribution in [3.05, 3.63) is 41.3 Å². The molecule has 0 aliphatic heterocycles. The van der Waals surface area contributed by atoms with Crippen LogP contribution in [0.1, 0.15) is 29.0 Å². The van der Waals surface area contributed by atoms with Gasteiger partial charge in [-0.05, 0) is 43.7 Å². The van der Waals surface area contributed by atoms with Crippen LogP contribution >= 0.6 is 0 Å². The predicted octanol–water partition coefficient (Wildman–Crippen LogP) is 3.00. The van der Waals surface area contributed by atoms with E-state index in [-0.39, 0.29) is 0 Å². The molecule has 1 radical (unpaired) electrons. The van der Waals surface area contributed by atoms with Crippen molar-refractivity contribution in [2.24, 2.45) is 0 Å². The molecule has 1 atom stereocenters. The standard InChI is InChI=1S/C11H13/c1-8-3-6-11(9(2)7-8)10-4-5-10/h3-4,6-7,10H,5H2,1-2H3. The summed E-state index contributed by atoms with van der Waals surface area (Å²) in [5, 5.41) is 0. The van der Waals surface area contributed by atoms with Gasteiger partial charge in [0.1, 0.15) is 0 Å². The number of hydrogen-bond acceptors (Lipinski definition) is 0. The average Bonchev–Trinajstić information content (AvgIpc) is 2.70. The van der Waals surface area contributed by atoms with E-state index < -0.39 is 0 Å². The van der Waals surface area contributed by atoms with E-state index in [1.165, 1.54) is 23.1 Å². The molecule has 1 fully saturated rings. The molecule has 2 rings (SSSR count). The highest BCUT2D eigenvalue weighted by Gasteiger charge is 2.24. The Morgan fingerprint density at radius 3 is 2.55 bits per heavy atom. The summed E-state index contributed by atoms with van der Waals surface area (Å²) < 4.78 is 0. The number of benzene rings is 1. The van der Waals surface area contributed by atoms with Crippen molar-refractivity contribution in [3.8, 4) is 0 Å². The number of aryl methyl sites for hydroxylation is 2. The summed E-state index contributed by atoms with van der Waals surface area (Å²) in [5.74, 6) is 0.774. The molecule has 0 bridgehead atoms. The van der Waals surface area contributed by atoms with Gasteiger partial charge in [-0.2, -0.15) is 0 Å². The first-order chi connectivity index (χ1) is 5.27. The minimum absolute atomic E-state index is 0.774. The van der Waals surface area contributed by atoms with Gasteiger partial charge in [-0.1, -0.05) is 23.8 Å². The van der Waals surface area contributed by atoms with Crippen LogP contribution in [0.25, 0.3) is 0 Å². The van der Waals surface area contributed by atoms with E-state index in [4.69, 9.17) is 0 Å². The van der Waals surface area contributed by atoms with Crippen LogP contribution in [0.4, 0.5) is 0 Å². The summed E-state index contributed by atoms with van der Waals surface area (Å²) in [7, 11) is 0. The van der Waals surface area contributed by atoms with E-state index in [9.17, 15) is 0 Å². The summed E-state index contributed by atoms with van der Waals surface area (Å²) in [6.07, 6.45) is 3.64. The molecule has 0 aromatic heterocycles. The largest absolute Gasteiger partial charge is 0.0590 e. The van der Waals surface area contributed by atoms with Crippen LogP contribution in [0.15, 0.2) is 18.2 Å². The van der Waals surface area contributed by atoms with E-state index in [1.54, 1.807) is 0 Å². The Morgan fingerprint density at radius 1 is 1.27 bits per heavy atom.